The van der Waals surface area contributed by atoms with Gasteiger partial charge in [-0.1, -0.05) is 18.2 Å². The van der Waals surface area contributed by atoms with Crippen LogP contribution in [-0.2, 0) is 11.3 Å². The number of ether oxygens (including phenoxy) is 1. The van der Waals surface area contributed by atoms with E-state index in [9.17, 15) is 13.9 Å². The molecule has 4 nitrogen and oxygen atoms in total. The molecule has 0 amide bonds. The van der Waals surface area contributed by atoms with Gasteiger partial charge in [-0.25, -0.2) is 8.78 Å². The first-order valence-corrected chi connectivity index (χ1v) is 8.84. The number of β-amino-alcohol motifs (C(OH)–C–C–N with tert-alkyl or cyclic N) is 1. The lowest BCUT2D eigenvalue weighted by molar-refractivity contribution is 0.00839. The molecule has 0 saturated carbocycles. The van der Waals surface area contributed by atoms with E-state index < -0.39 is 6.10 Å². The van der Waals surface area contributed by atoms with Crippen LogP contribution in [0.25, 0.3) is 0 Å². The number of rotatable bonds is 7. The maximum atomic E-state index is 13.5. The van der Waals surface area contributed by atoms with Gasteiger partial charge in [0.25, 0.3) is 0 Å². The van der Waals surface area contributed by atoms with E-state index in [1.807, 2.05) is 0 Å². The van der Waals surface area contributed by atoms with Gasteiger partial charge in [0, 0.05) is 44.0 Å². The highest BCUT2D eigenvalue weighted by atomic mass is 19.1. The molecule has 0 unspecified atom stereocenters. The zero-order valence-corrected chi connectivity index (χ0v) is 14.7. The Morgan fingerprint density at radius 1 is 0.962 bits per heavy atom. The first kappa shape index (κ1) is 18.8. The summed E-state index contributed by atoms with van der Waals surface area (Å²) >= 11 is 0. The fourth-order valence-electron chi connectivity index (χ4n) is 3.11. The predicted octanol–water partition coefficient (Wildman–Crippen LogP) is 2.66. The van der Waals surface area contributed by atoms with Crippen molar-refractivity contribution in [2.24, 2.45) is 0 Å². The Morgan fingerprint density at radius 3 is 2.35 bits per heavy atom. The molecule has 0 aliphatic carbocycles. The minimum atomic E-state index is -0.612. The van der Waals surface area contributed by atoms with E-state index >= 15 is 0 Å². The number of aliphatic hydroxyl groups is 1. The number of hydrogen-bond acceptors (Lipinski definition) is 4. The third-order valence-corrected chi connectivity index (χ3v) is 4.56. The van der Waals surface area contributed by atoms with Gasteiger partial charge in [0.15, 0.2) is 0 Å². The molecule has 0 spiro atoms. The van der Waals surface area contributed by atoms with Crippen molar-refractivity contribution in [2.45, 2.75) is 12.7 Å². The molecule has 1 aliphatic rings. The second kappa shape index (κ2) is 9.07. The largest absolute Gasteiger partial charge is 0.389 e. The van der Waals surface area contributed by atoms with Gasteiger partial charge in [0.2, 0.25) is 0 Å². The molecule has 0 radical (unpaired) electrons. The Balaban J connectivity index is 1.37. The van der Waals surface area contributed by atoms with Crippen LogP contribution in [0.4, 0.5) is 14.5 Å². The molecule has 140 valence electrons. The van der Waals surface area contributed by atoms with Gasteiger partial charge in [-0.3, -0.25) is 4.90 Å². The molecule has 1 atom stereocenters. The molecular weight excluding hydrogens is 338 g/mol. The number of halogens is 2. The molecule has 1 saturated heterocycles. The lowest BCUT2D eigenvalue weighted by atomic mass is 10.2. The van der Waals surface area contributed by atoms with Crippen LogP contribution in [0.15, 0.2) is 48.5 Å². The van der Waals surface area contributed by atoms with Crippen molar-refractivity contribution in [3.8, 4) is 0 Å². The number of benzene rings is 2. The maximum absolute atomic E-state index is 13.5. The number of aliphatic hydroxyl groups excluding tert-OH is 1. The summed E-state index contributed by atoms with van der Waals surface area (Å²) < 4.78 is 32.0. The molecule has 6 heteroatoms. The van der Waals surface area contributed by atoms with Crippen LogP contribution in [-0.4, -0.2) is 55.4 Å². The molecular formula is C20H24F2N2O2. The Hall–Kier alpha value is -2.02. The highest BCUT2D eigenvalue weighted by Crippen LogP contribution is 2.17. The molecule has 0 bridgehead atoms. The molecule has 1 N–H and O–H groups in total. The molecule has 2 aromatic carbocycles. The molecule has 1 aliphatic heterocycles. The monoisotopic (exact) mass is 362 g/mol. The lowest BCUT2D eigenvalue weighted by Crippen LogP contribution is -2.49. The zero-order chi connectivity index (χ0) is 18.4. The summed E-state index contributed by atoms with van der Waals surface area (Å²) in [6, 6.07) is 13.0. The van der Waals surface area contributed by atoms with E-state index in [-0.39, 0.29) is 24.8 Å². The van der Waals surface area contributed by atoms with Crippen LogP contribution in [0, 0.1) is 11.6 Å². The van der Waals surface area contributed by atoms with Crippen LogP contribution >= 0.6 is 0 Å². The van der Waals surface area contributed by atoms with Crippen molar-refractivity contribution in [3.05, 3.63) is 65.7 Å². The third kappa shape index (κ3) is 5.24. The van der Waals surface area contributed by atoms with E-state index in [0.717, 1.165) is 31.9 Å². The summed E-state index contributed by atoms with van der Waals surface area (Å²) in [5.41, 5.74) is 1.51. The van der Waals surface area contributed by atoms with E-state index in [1.54, 1.807) is 30.3 Å². The van der Waals surface area contributed by atoms with Crippen molar-refractivity contribution in [3.63, 3.8) is 0 Å². The van der Waals surface area contributed by atoms with Gasteiger partial charge in [-0.2, -0.15) is 0 Å². The van der Waals surface area contributed by atoms with Gasteiger partial charge in [0.05, 0.1) is 19.3 Å². The van der Waals surface area contributed by atoms with Crippen LogP contribution in [0.2, 0.25) is 0 Å². The molecule has 1 fully saturated rings. The van der Waals surface area contributed by atoms with Crippen molar-refractivity contribution >= 4 is 5.69 Å². The average molecular weight is 362 g/mol. The normalized spacial score (nSPS) is 16.7. The number of piperazine rings is 1. The van der Waals surface area contributed by atoms with Crippen molar-refractivity contribution < 1.29 is 18.6 Å². The van der Waals surface area contributed by atoms with E-state index in [4.69, 9.17) is 4.74 Å². The van der Waals surface area contributed by atoms with Gasteiger partial charge in [-0.05, 0) is 30.3 Å². The molecule has 2 aromatic rings. The minimum Gasteiger partial charge on any atom is -0.389 e. The Labute approximate surface area is 152 Å². The summed E-state index contributed by atoms with van der Waals surface area (Å²) in [7, 11) is 0. The van der Waals surface area contributed by atoms with E-state index in [2.05, 4.69) is 9.80 Å². The predicted molar refractivity (Wildman–Crippen MR) is 97.1 cm³/mol. The second-order valence-corrected chi connectivity index (χ2v) is 6.52. The summed E-state index contributed by atoms with van der Waals surface area (Å²) in [5, 5.41) is 10.1. The van der Waals surface area contributed by atoms with Gasteiger partial charge in [0.1, 0.15) is 11.6 Å². The highest BCUT2D eigenvalue weighted by Gasteiger charge is 2.19. The number of nitrogens with zero attached hydrogens (tertiary/aromatic N) is 2. The Bertz CT molecular complexity index is 688. The molecule has 0 aromatic heterocycles. The van der Waals surface area contributed by atoms with E-state index in [1.165, 1.54) is 18.2 Å². The van der Waals surface area contributed by atoms with Gasteiger partial charge >= 0.3 is 0 Å². The SMILES string of the molecule is O[C@H](COCc1ccccc1F)CN1CCN(c2ccc(F)cc2)CC1. The third-order valence-electron chi connectivity index (χ3n) is 4.56. The number of anilines is 1. The first-order valence-electron chi connectivity index (χ1n) is 8.84. The maximum Gasteiger partial charge on any atom is 0.128 e. The smallest absolute Gasteiger partial charge is 0.128 e. The number of hydrogen-bond donors (Lipinski definition) is 1. The second-order valence-electron chi connectivity index (χ2n) is 6.52. The zero-order valence-electron chi connectivity index (χ0n) is 14.7. The molecule has 1 heterocycles. The summed E-state index contributed by atoms with van der Waals surface area (Å²) in [6.07, 6.45) is -0.612. The fraction of sp³-hybridized carbons (Fsp3) is 0.400. The van der Waals surface area contributed by atoms with Crippen molar-refractivity contribution in [2.75, 3.05) is 44.2 Å². The Morgan fingerprint density at radius 2 is 1.65 bits per heavy atom. The van der Waals surface area contributed by atoms with Crippen LogP contribution in [0.1, 0.15) is 5.56 Å². The van der Waals surface area contributed by atoms with Gasteiger partial charge in [-0.15, -0.1) is 0 Å². The van der Waals surface area contributed by atoms with Crippen LogP contribution < -0.4 is 4.90 Å². The molecule has 3 rings (SSSR count). The lowest BCUT2D eigenvalue weighted by Gasteiger charge is -2.36. The highest BCUT2D eigenvalue weighted by molar-refractivity contribution is 5.46. The fourth-order valence-corrected chi connectivity index (χ4v) is 3.11. The van der Waals surface area contributed by atoms with E-state index in [0.29, 0.717) is 12.1 Å². The Kier molecular flexibility index (Phi) is 6.55. The minimum absolute atomic E-state index is 0.155. The van der Waals surface area contributed by atoms with Gasteiger partial charge < -0.3 is 14.7 Å². The summed E-state index contributed by atoms with van der Waals surface area (Å²) in [4.78, 5) is 4.38. The summed E-state index contributed by atoms with van der Waals surface area (Å²) in [5.74, 6) is -0.523. The average Bonchev–Trinajstić information content (AvgIpc) is 2.65. The van der Waals surface area contributed by atoms with Crippen LogP contribution in [0.5, 0.6) is 0 Å². The van der Waals surface area contributed by atoms with Crippen molar-refractivity contribution in [1.82, 2.24) is 4.90 Å². The topological polar surface area (TPSA) is 35.9 Å². The first-order chi connectivity index (χ1) is 12.6. The standard InChI is InChI=1S/C20H24F2N2O2/c21-17-5-7-18(8-6-17)24-11-9-23(10-12-24)13-19(25)15-26-14-16-3-1-2-4-20(16)22/h1-8,19,25H,9-15H2/t19-/m0/s1. The van der Waals surface area contributed by atoms with Crippen LogP contribution in [0.3, 0.4) is 0 Å². The quantitative estimate of drug-likeness (QED) is 0.822. The molecule has 26 heavy (non-hydrogen) atoms. The van der Waals surface area contributed by atoms with Crippen molar-refractivity contribution in [1.29, 1.82) is 0 Å². The summed E-state index contributed by atoms with van der Waals surface area (Å²) in [6.45, 7) is 4.15.